The van der Waals surface area contributed by atoms with E-state index in [9.17, 15) is 0 Å². The first-order chi connectivity index (χ1) is 5.75. The molecule has 64 valence electrons. The molecule has 1 N–H and O–H groups in total. The highest BCUT2D eigenvalue weighted by Gasteiger charge is 1.89. The number of imidazole rings is 1. The van der Waals surface area contributed by atoms with Gasteiger partial charge in [0.25, 0.3) is 0 Å². The van der Waals surface area contributed by atoms with Gasteiger partial charge in [-0.2, -0.15) is 0 Å². The van der Waals surface area contributed by atoms with E-state index in [-0.39, 0.29) is 0 Å². The van der Waals surface area contributed by atoms with E-state index in [1.54, 1.807) is 0 Å². The maximum atomic E-state index is 6.44. The third kappa shape index (κ3) is 1.66. The topological polar surface area (TPSA) is 70.8 Å². The van der Waals surface area contributed by atoms with Crippen LogP contribution in [0.3, 0.4) is 0 Å². The zero-order valence-corrected chi connectivity index (χ0v) is 6.97. The van der Waals surface area contributed by atoms with Crippen molar-refractivity contribution in [3.8, 4) is 0 Å². The lowest BCUT2D eigenvalue weighted by atomic mass is 10.9. The van der Waals surface area contributed by atoms with E-state index in [4.69, 9.17) is 5.53 Å². The Kier molecular flexibility index (Phi) is 2.52. The Labute approximate surface area is 69.4 Å². The Morgan fingerprint density at radius 2 is 1.92 bits per heavy atom. The van der Waals surface area contributed by atoms with Crippen molar-refractivity contribution in [2.75, 3.05) is 0 Å². The standard InChI is InChI=1S/C6H10N6/c1-11-3-4-12(2)6(11)10-9-5-8-7/h3-5,7H,1-2H3/b8-7?,9-5+. The zero-order chi connectivity index (χ0) is 8.97. The van der Waals surface area contributed by atoms with Gasteiger partial charge in [0.15, 0.2) is 6.34 Å². The Morgan fingerprint density at radius 1 is 1.33 bits per heavy atom. The van der Waals surface area contributed by atoms with Crippen LogP contribution in [0, 0.1) is 5.53 Å². The van der Waals surface area contributed by atoms with Crippen LogP contribution in [0.4, 0.5) is 0 Å². The Hall–Kier alpha value is -1.72. The van der Waals surface area contributed by atoms with Gasteiger partial charge < -0.3 is 9.13 Å². The van der Waals surface area contributed by atoms with Crippen LogP contribution in [0.15, 0.2) is 27.7 Å². The van der Waals surface area contributed by atoms with Gasteiger partial charge in [-0.15, -0.1) is 15.3 Å². The fourth-order valence-electron chi connectivity index (χ4n) is 0.826. The van der Waals surface area contributed by atoms with E-state index in [0.717, 1.165) is 6.34 Å². The first-order valence-electron chi connectivity index (χ1n) is 3.35. The number of hydrogen-bond acceptors (Lipinski definition) is 3. The maximum Gasteiger partial charge on any atom is 0.229 e. The van der Waals surface area contributed by atoms with Crippen LogP contribution >= 0.6 is 0 Å². The number of aryl methyl sites for hydroxylation is 2. The molecule has 1 aromatic heterocycles. The molecule has 0 unspecified atom stereocenters. The van der Waals surface area contributed by atoms with Crippen LogP contribution in [-0.4, -0.2) is 15.5 Å². The van der Waals surface area contributed by atoms with Crippen molar-refractivity contribution in [1.82, 2.24) is 9.13 Å². The van der Waals surface area contributed by atoms with Crippen LogP contribution in [0.25, 0.3) is 0 Å². The maximum absolute atomic E-state index is 6.44. The molecule has 0 aliphatic heterocycles. The van der Waals surface area contributed by atoms with Gasteiger partial charge in [-0.1, -0.05) is 0 Å². The average molecular weight is 166 g/mol. The van der Waals surface area contributed by atoms with Gasteiger partial charge in [0.1, 0.15) is 0 Å². The van der Waals surface area contributed by atoms with Gasteiger partial charge in [-0.05, 0) is 0 Å². The van der Waals surface area contributed by atoms with Crippen molar-refractivity contribution in [2.45, 2.75) is 0 Å². The van der Waals surface area contributed by atoms with Crippen LogP contribution in [0.1, 0.15) is 0 Å². The molecule has 0 saturated carbocycles. The van der Waals surface area contributed by atoms with E-state index in [0.29, 0.717) is 5.62 Å². The summed E-state index contributed by atoms with van der Waals surface area (Å²) < 4.78 is 3.64. The molecule has 1 aromatic rings. The summed E-state index contributed by atoms with van der Waals surface area (Å²) in [5.74, 6) is 0. The predicted molar refractivity (Wildman–Crippen MR) is 43.6 cm³/mol. The van der Waals surface area contributed by atoms with Gasteiger partial charge in [0.05, 0.1) is 0 Å². The highest BCUT2D eigenvalue weighted by Crippen LogP contribution is 1.77. The van der Waals surface area contributed by atoms with Gasteiger partial charge in [-0.25, -0.2) is 5.53 Å². The quantitative estimate of drug-likeness (QED) is 0.283. The van der Waals surface area contributed by atoms with E-state index in [1.165, 1.54) is 0 Å². The largest absolute Gasteiger partial charge is 0.319 e. The molecular formula is C6H10N6. The molecule has 6 nitrogen and oxygen atoms in total. The number of aromatic nitrogens is 2. The van der Waals surface area contributed by atoms with Gasteiger partial charge in [0, 0.05) is 26.5 Å². The molecule has 12 heavy (non-hydrogen) atoms. The molecule has 0 bridgehead atoms. The molecule has 0 aliphatic rings. The minimum atomic E-state index is 0.704. The highest BCUT2D eigenvalue weighted by molar-refractivity contribution is 5.53. The summed E-state index contributed by atoms with van der Waals surface area (Å²) >= 11 is 0. The van der Waals surface area contributed by atoms with Gasteiger partial charge in [0.2, 0.25) is 5.62 Å². The first-order valence-corrected chi connectivity index (χ1v) is 3.35. The fraction of sp³-hybridized carbons (Fsp3) is 0.333. The molecule has 0 aromatic carbocycles. The second-order valence-corrected chi connectivity index (χ2v) is 2.28. The second-order valence-electron chi connectivity index (χ2n) is 2.28. The second kappa shape index (κ2) is 3.61. The van der Waals surface area contributed by atoms with E-state index in [2.05, 4.69) is 15.3 Å². The van der Waals surface area contributed by atoms with Crippen molar-refractivity contribution in [2.24, 2.45) is 29.4 Å². The van der Waals surface area contributed by atoms with Crippen molar-refractivity contribution in [3.63, 3.8) is 0 Å². The lowest BCUT2D eigenvalue weighted by molar-refractivity contribution is 0.727. The molecular weight excluding hydrogens is 156 g/mol. The monoisotopic (exact) mass is 166 g/mol. The summed E-state index contributed by atoms with van der Waals surface area (Å²) in [6.45, 7) is 0. The molecule has 0 radical (unpaired) electrons. The summed E-state index contributed by atoms with van der Waals surface area (Å²) in [4.78, 5) is 0. The van der Waals surface area contributed by atoms with Crippen LogP contribution < -0.4 is 5.62 Å². The summed E-state index contributed by atoms with van der Waals surface area (Å²) in [5, 5.41) is 10.3. The normalized spacial score (nSPS) is 10.5. The van der Waals surface area contributed by atoms with Crippen molar-refractivity contribution in [1.29, 1.82) is 5.53 Å². The lowest BCUT2D eigenvalue weighted by Gasteiger charge is -1.89. The molecule has 6 heteroatoms. The van der Waals surface area contributed by atoms with Gasteiger partial charge >= 0.3 is 0 Å². The average Bonchev–Trinajstić information content (AvgIpc) is 2.35. The van der Waals surface area contributed by atoms with Crippen molar-refractivity contribution < 1.29 is 0 Å². The lowest BCUT2D eigenvalue weighted by Crippen LogP contribution is -2.20. The van der Waals surface area contributed by atoms with Crippen LogP contribution in [0.2, 0.25) is 0 Å². The molecule has 1 rings (SSSR count). The number of rotatable bonds is 2. The molecule has 1 heterocycles. The predicted octanol–water partition coefficient (Wildman–Crippen LogP) is 0.239. The highest BCUT2D eigenvalue weighted by atomic mass is 15.3. The molecule has 0 spiro atoms. The van der Waals surface area contributed by atoms with Crippen molar-refractivity contribution >= 4 is 6.34 Å². The fourth-order valence-corrected chi connectivity index (χ4v) is 0.826. The smallest absolute Gasteiger partial charge is 0.229 e. The first kappa shape index (κ1) is 8.38. The summed E-state index contributed by atoms with van der Waals surface area (Å²) in [6.07, 6.45) is 4.81. The minimum absolute atomic E-state index is 0.704. The zero-order valence-electron chi connectivity index (χ0n) is 6.97. The summed E-state index contributed by atoms with van der Waals surface area (Å²) in [6, 6.07) is 0. The number of nitrogens with zero attached hydrogens (tertiary/aromatic N) is 5. The Morgan fingerprint density at radius 3 is 2.42 bits per heavy atom. The SMILES string of the molecule is Cn1ccn(C)c1=N/N=C/N=N. The molecule has 0 saturated heterocycles. The van der Waals surface area contributed by atoms with E-state index in [1.807, 2.05) is 35.6 Å². The summed E-state index contributed by atoms with van der Waals surface area (Å²) in [5.41, 5.74) is 7.14. The van der Waals surface area contributed by atoms with E-state index < -0.39 is 0 Å². The third-order valence-electron chi connectivity index (χ3n) is 1.40. The molecule has 0 aliphatic carbocycles. The van der Waals surface area contributed by atoms with Gasteiger partial charge in [-0.3, -0.25) is 0 Å². The molecule has 0 amide bonds. The van der Waals surface area contributed by atoms with Crippen molar-refractivity contribution in [3.05, 3.63) is 18.0 Å². The van der Waals surface area contributed by atoms with E-state index >= 15 is 0 Å². The molecule has 0 atom stereocenters. The third-order valence-corrected chi connectivity index (χ3v) is 1.40. The summed E-state index contributed by atoms with van der Waals surface area (Å²) in [7, 11) is 3.73. The Balaban J connectivity index is 3.08. The molecule has 0 fully saturated rings. The number of hydrogen-bond donors (Lipinski definition) is 1. The van der Waals surface area contributed by atoms with Crippen LogP contribution in [-0.2, 0) is 14.1 Å². The Bertz CT molecular complexity index is 332. The minimum Gasteiger partial charge on any atom is -0.319 e. The number of nitrogens with one attached hydrogen (secondary N) is 1. The van der Waals surface area contributed by atoms with Crippen LogP contribution in [0.5, 0.6) is 0 Å².